The fourth-order valence-electron chi connectivity index (χ4n) is 2.19. The lowest BCUT2D eigenvalue weighted by Gasteiger charge is -2.06. The molecule has 0 bridgehead atoms. The van der Waals surface area contributed by atoms with Crippen LogP contribution in [0, 0.1) is 5.92 Å². The maximum atomic E-state index is 12.3. The van der Waals surface area contributed by atoms with Gasteiger partial charge in [-0.05, 0) is 19.9 Å². The highest BCUT2D eigenvalue weighted by Crippen LogP contribution is 2.21. The molecule has 0 aliphatic rings. The van der Waals surface area contributed by atoms with E-state index >= 15 is 0 Å². The normalized spacial score (nSPS) is 10.9. The van der Waals surface area contributed by atoms with Gasteiger partial charge in [0.25, 0.3) is 0 Å². The van der Waals surface area contributed by atoms with Crippen LogP contribution in [0.1, 0.15) is 24.3 Å². The lowest BCUT2D eigenvalue weighted by molar-refractivity contribution is -0.128. The third-order valence-electron chi connectivity index (χ3n) is 3.07. The second-order valence-electron chi connectivity index (χ2n) is 4.51. The molecule has 0 fully saturated rings. The highest BCUT2D eigenvalue weighted by atomic mass is 16.2. The molecule has 1 heterocycles. The number of carbonyl (C=O) groups is 3. The second-order valence-corrected chi connectivity index (χ2v) is 4.51. The molecule has 2 aromatic rings. The first kappa shape index (κ1) is 13.1. The fourth-order valence-corrected chi connectivity index (χ4v) is 2.19. The summed E-state index contributed by atoms with van der Waals surface area (Å²) in [5, 5.41) is 4.79. The van der Waals surface area contributed by atoms with E-state index in [-0.39, 0.29) is 5.69 Å². The highest BCUT2D eigenvalue weighted by molar-refractivity contribution is 6.25. The molecule has 1 aromatic heterocycles. The summed E-state index contributed by atoms with van der Waals surface area (Å²) in [4.78, 5) is 35.3. The van der Waals surface area contributed by atoms with Gasteiger partial charge in [0.15, 0.2) is 0 Å². The van der Waals surface area contributed by atoms with Gasteiger partial charge in [0, 0.05) is 12.4 Å². The van der Waals surface area contributed by atoms with E-state index in [2.05, 4.69) is 5.10 Å². The summed E-state index contributed by atoms with van der Waals surface area (Å²) in [6, 6.07) is 7.21. The van der Waals surface area contributed by atoms with Crippen LogP contribution in [0.4, 0.5) is 0 Å². The zero-order valence-corrected chi connectivity index (χ0v) is 11.0. The van der Waals surface area contributed by atoms with Crippen molar-refractivity contribution in [1.29, 1.82) is 0 Å². The van der Waals surface area contributed by atoms with Gasteiger partial charge in [-0.25, -0.2) is 0 Å². The van der Waals surface area contributed by atoms with Gasteiger partial charge in [-0.1, -0.05) is 18.2 Å². The van der Waals surface area contributed by atoms with Crippen LogP contribution in [0.25, 0.3) is 10.9 Å². The SMILES string of the molecule is CC(=O)C(C(C)=O)C(=O)c1nn(C)c2ccccc12. The van der Waals surface area contributed by atoms with Crippen molar-refractivity contribution in [3.8, 4) is 0 Å². The molecule has 0 saturated carbocycles. The van der Waals surface area contributed by atoms with Crippen LogP contribution < -0.4 is 0 Å². The first-order valence-electron chi connectivity index (χ1n) is 5.90. The average Bonchev–Trinajstić information content (AvgIpc) is 2.66. The number of hydrogen-bond donors (Lipinski definition) is 0. The Morgan fingerprint density at radius 1 is 1.11 bits per heavy atom. The van der Waals surface area contributed by atoms with E-state index < -0.39 is 23.3 Å². The molecular formula is C14H14N2O3. The Hall–Kier alpha value is -2.30. The van der Waals surface area contributed by atoms with Crippen LogP contribution in [0.15, 0.2) is 24.3 Å². The van der Waals surface area contributed by atoms with Gasteiger partial charge in [-0.2, -0.15) is 5.10 Å². The molecule has 0 aliphatic heterocycles. The largest absolute Gasteiger partial charge is 0.299 e. The number of aromatic nitrogens is 2. The summed E-state index contributed by atoms with van der Waals surface area (Å²) in [5.74, 6) is -2.69. The zero-order chi connectivity index (χ0) is 14.2. The summed E-state index contributed by atoms with van der Waals surface area (Å²) < 4.78 is 1.57. The molecule has 5 heteroatoms. The van der Waals surface area contributed by atoms with Crippen molar-refractivity contribution in [3.05, 3.63) is 30.0 Å². The van der Waals surface area contributed by atoms with E-state index in [1.807, 2.05) is 12.1 Å². The van der Waals surface area contributed by atoms with Gasteiger partial charge in [0.2, 0.25) is 5.78 Å². The van der Waals surface area contributed by atoms with Gasteiger partial charge in [-0.15, -0.1) is 0 Å². The minimum absolute atomic E-state index is 0.175. The first-order chi connectivity index (χ1) is 8.93. The summed E-state index contributed by atoms with van der Waals surface area (Å²) in [5.41, 5.74) is 0.963. The molecule has 0 atom stereocenters. The van der Waals surface area contributed by atoms with Crippen LogP contribution in [0.3, 0.4) is 0 Å². The van der Waals surface area contributed by atoms with Crippen molar-refractivity contribution in [1.82, 2.24) is 9.78 Å². The van der Waals surface area contributed by atoms with Gasteiger partial charge in [-0.3, -0.25) is 19.1 Å². The highest BCUT2D eigenvalue weighted by Gasteiger charge is 2.31. The Morgan fingerprint density at radius 2 is 1.68 bits per heavy atom. The first-order valence-corrected chi connectivity index (χ1v) is 5.90. The quantitative estimate of drug-likeness (QED) is 0.616. The lowest BCUT2D eigenvalue weighted by atomic mass is 9.92. The van der Waals surface area contributed by atoms with Crippen molar-refractivity contribution in [2.45, 2.75) is 13.8 Å². The van der Waals surface area contributed by atoms with Crippen LogP contribution in [0.2, 0.25) is 0 Å². The van der Waals surface area contributed by atoms with Crippen molar-refractivity contribution in [2.24, 2.45) is 13.0 Å². The molecule has 2 rings (SSSR count). The third kappa shape index (κ3) is 2.19. The molecule has 0 aliphatic carbocycles. The topological polar surface area (TPSA) is 69.0 Å². The number of Topliss-reactive ketones (excluding diaryl/α,β-unsaturated/α-hetero) is 3. The Bertz CT molecular complexity index is 671. The zero-order valence-electron chi connectivity index (χ0n) is 11.0. The Labute approximate surface area is 110 Å². The number of benzene rings is 1. The predicted molar refractivity (Wildman–Crippen MR) is 69.9 cm³/mol. The van der Waals surface area contributed by atoms with Crippen molar-refractivity contribution in [2.75, 3.05) is 0 Å². The molecule has 98 valence electrons. The molecule has 1 aromatic carbocycles. The molecular weight excluding hydrogens is 244 g/mol. The van der Waals surface area contributed by atoms with Crippen molar-refractivity contribution < 1.29 is 14.4 Å². The molecule has 0 amide bonds. The fraction of sp³-hybridized carbons (Fsp3) is 0.286. The number of nitrogens with zero attached hydrogens (tertiary/aromatic N) is 2. The van der Waals surface area contributed by atoms with E-state index in [1.54, 1.807) is 23.9 Å². The number of fused-ring (bicyclic) bond motifs is 1. The number of para-hydroxylation sites is 1. The third-order valence-corrected chi connectivity index (χ3v) is 3.07. The Kier molecular flexibility index (Phi) is 3.29. The standard InChI is InChI=1S/C14H14N2O3/c1-8(17)12(9(2)18)14(19)13-10-6-4-5-7-11(10)16(3)15-13/h4-7,12H,1-3H3. The minimum atomic E-state index is -1.25. The summed E-state index contributed by atoms with van der Waals surface area (Å²) in [6.07, 6.45) is 0. The summed E-state index contributed by atoms with van der Waals surface area (Å²) >= 11 is 0. The monoisotopic (exact) mass is 258 g/mol. The van der Waals surface area contributed by atoms with E-state index in [4.69, 9.17) is 0 Å². The predicted octanol–water partition coefficient (Wildman–Crippen LogP) is 1.55. The van der Waals surface area contributed by atoms with Crippen LogP contribution >= 0.6 is 0 Å². The van der Waals surface area contributed by atoms with E-state index in [0.717, 1.165) is 5.52 Å². The maximum Gasteiger partial charge on any atom is 0.201 e. The maximum absolute atomic E-state index is 12.3. The van der Waals surface area contributed by atoms with Gasteiger partial charge in [0.05, 0.1) is 5.52 Å². The summed E-state index contributed by atoms with van der Waals surface area (Å²) in [7, 11) is 1.72. The minimum Gasteiger partial charge on any atom is -0.299 e. The number of ketones is 3. The van der Waals surface area contributed by atoms with Crippen molar-refractivity contribution in [3.63, 3.8) is 0 Å². The van der Waals surface area contributed by atoms with Gasteiger partial charge >= 0.3 is 0 Å². The smallest absolute Gasteiger partial charge is 0.201 e. The molecule has 19 heavy (non-hydrogen) atoms. The molecule has 0 N–H and O–H groups in total. The molecule has 0 spiro atoms. The van der Waals surface area contributed by atoms with Crippen LogP contribution in [-0.2, 0) is 16.6 Å². The molecule has 0 saturated heterocycles. The second kappa shape index (κ2) is 4.76. The number of carbonyl (C=O) groups excluding carboxylic acids is 3. The molecule has 0 radical (unpaired) electrons. The van der Waals surface area contributed by atoms with Gasteiger partial charge < -0.3 is 0 Å². The van der Waals surface area contributed by atoms with Crippen LogP contribution in [-0.4, -0.2) is 27.1 Å². The van der Waals surface area contributed by atoms with E-state index in [0.29, 0.717) is 5.39 Å². The average molecular weight is 258 g/mol. The molecule has 5 nitrogen and oxygen atoms in total. The Morgan fingerprint density at radius 3 is 2.26 bits per heavy atom. The number of aryl methyl sites for hydroxylation is 1. The van der Waals surface area contributed by atoms with Crippen LogP contribution in [0.5, 0.6) is 0 Å². The number of hydrogen-bond acceptors (Lipinski definition) is 4. The molecule has 0 unspecified atom stereocenters. The lowest BCUT2D eigenvalue weighted by Crippen LogP contribution is -2.29. The van der Waals surface area contributed by atoms with E-state index in [9.17, 15) is 14.4 Å². The number of rotatable bonds is 4. The van der Waals surface area contributed by atoms with E-state index in [1.165, 1.54) is 13.8 Å². The van der Waals surface area contributed by atoms with Crippen molar-refractivity contribution >= 4 is 28.3 Å². The summed E-state index contributed by atoms with van der Waals surface area (Å²) in [6.45, 7) is 2.49. The Balaban J connectivity index is 2.58. The van der Waals surface area contributed by atoms with Gasteiger partial charge in [0.1, 0.15) is 23.2 Å².